The molecule has 3 aromatic rings. The number of nitrogens with zero attached hydrogens (tertiary/aromatic N) is 7. The van der Waals surface area contributed by atoms with Gasteiger partial charge in [-0.25, -0.2) is 0 Å². The largest absolute Gasteiger partial charge is 0.462 e. The fourth-order valence-corrected chi connectivity index (χ4v) is 9.88. The maximum Gasteiger partial charge on any atom is 0.318 e. The number of aromatic nitrogens is 2. The van der Waals surface area contributed by atoms with Crippen LogP contribution in [0.3, 0.4) is 0 Å². The van der Waals surface area contributed by atoms with E-state index in [0.29, 0.717) is 50.1 Å². The number of anilines is 2. The number of ether oxygens (including phenoxy) is 1. The molecule has 4 fully saturated rings. The summed E-state index contributed by atoms with van der Waals surface area (Å²) in [7, 11) is 2.30. The minimum Gasteiger partial charge on any atom is -0.462 e. The van der Waals surface area contributed by atoms with Crippen molar-refractivity contribution in [2.45, 2.75) is 74.7 Å². The number of benzene rings is 2. The summed E-state index contributed by atoms with van der Waals surface area (Å²) in [4.78, 5) is 32.0. The number of nitriles is 1. The first-order chi connectivity index (χ1) is 23.3. The van der Waals surface area contributed by atoms with Gasteiger partial charge in [-0.2, -0.15) is 15.2 Å². The monoisotopic (exact) mass is 663 g/mol. The summed E-state index contributed by atoms with van der Waals surface area (Å²) < 4.78 is 6.50. The third kappa shape index (κ3) is 5.59. The van der Waals surface area contributed by atoms with Crippen molar-refractivity contribution in [3.63, 3.8) is 0 Å². The lowest BCUT2D eigenvalue weighted by Gasteiger charge is -2.42. The molecule has 3 unspecified atom stereocenters. The van der Waals surface area contributed by atoms with Crippen LogP contribution in [0.1, 0.15) is 49.4 Å². The molecule has 1 amide bonds. The zero-order valence-corrected chi connectivity index (χ0v) is 29.1. The molecule has 2 saturated carbocycles. The average molecular weight is 664 g/mol. The van der Waals surface area contributed by atoms with Crippen LogP contribution >= 0.6 is 11.8 Å². The van der Waals surface area contributed by atoms with Crippen molar-refractivity contribution in [3.05, 3.63) is 65.9 Å². The Morgan fingerprint density at radius 3 is 2.71 bits per heavy atom. The summed E-state index contributed by atoms with van der Waals surface area (Å²) in [6, 6.07) is 16.2. The molecule has 5 aliphatic rings. The fraction of sp³-hybridized carbons (Fsp3) is 0.526. The SMILES string of the molecule is C=CC(=O)N1CCN(c2nc(OCC3S[C@]3(C)N(C)C3CC4CC4C3)nc3c2CCN(c2cccc4cccc(C)c24)C3)C[C@@H]1CC#N. The number of aryl methyl sites for hydroxylation is 1. The van der Waals surface area contributed by atoms with Crippen molar-refractivity contribution < 1.29 is 9.53 Å². The highest BCUT2D eigenvalue weighted by atomic mass is 32.2. The van der Waals surface area contributed by atoms with E-state index in [4.69, 9.17) is 14.7 Å². The van der Waals surface area contributed by atoms with Crippen molar-refractivity contribution in [3.8, 4) is 12.1 Å². The highest BCUT2D eigenvalue weighted by Gasteiger charge is 2.59. The van der Waals surface area contributed by atoms with Gasteiger partial charge in [-0.3, -0.25) is 9.69 Å². The second-order valence-corrected chi connectivity index (χ2v) is 16.2. The Hall–Kier alpha value is -3.81. The summed E-state index contributed by atoms with van der Waals surface area (Å²) in [5, 5.41) is 12.5. The van der Waals surface area contributed by atoms with E-state index in [9.17, 15) is 10.1 Å². The molecule has 2 aliphatic carbocycles. The number of thioether (sulfide) groups is 1. The predicted molar refractivity (Wildman–Crippen MR) is 191 cm³/mol. The van der Waals surface area contributed by atoms with Crippen LogP contribution < -0.4 is 14.5 Å². The van der Waals surface area contributed by atoms with Gasteiger partial charge in [-0.05, 0) is 81.5 Å². The van der Waals surface area contributed by atoms with Crippen molar-refractivity contribution in [2.24, 2.45) is 11.8 Å². The zero-order valence-electron chi connectivity index (χ0n) is 28.3. The van der Waals surface area contributed by atoms with Crippen LogP contribution in [0.15, 0.2) is 49.1 Å². The predicted octanol–water partition coefficient (Wildman–Crippen LogP) is 5.56. The number of piperazine rings is 1. The standard InChI is InChI=1S/C38H45N7O2S/c1-5-34(46)45-17-16-44(21-28(45)12-14-39)36-30-13-15-43(32-11-7-10-25-9-6-8-24(2)35(25)32)22-31(30)40-37(41-36)47-23-33-38(3,48-33)42(4)29-19-26-18-27(26)20-29/h5-11,26-29,33H,1,12-13,15-23H2,2-4H3/t26?,27?,28-,29?,33?,38-/m0/s1. The summed E-state index contributed by atoms with van der Waals surface area (Å²) in [5.41, 5.74) is 4.62. The molecule has 0 spiro atoms. The van der Waals surface area contributed by atoms with E-state index in [1.54, 1.807) is 4.90 Å². The van der Waals surface area contributed by atoms with Crippen molar-refractivity contribution in [1.29, 1.82) is 5.26 Å². The van der Waals surface area contributed by atoms with Gasteiger partial charge < -0.3 is 19.4 Å². The van der Waals surface area contributed by atoms with Crippen molar-refractivity contribution in [1.82, 2.24) is 19.8 Å². The molecule has 9 nitrogen and oxygen atoms in total. The number of hydrogen-bond acceptors (Lipinski definition) is 9. The number of carbonyl (C=O) groups is 1. The van der Waals surface area contributed by atoms with E-state index >= 15 is 0 Å². The molecule has 250 valence electrons. The third-order valence-electron chi connectivity index (χ3n) is 11.8. The second kappa shape index (κ2) is 12.3. The van der Waals surface area contributed by atoms with Gasteiger partial charge in [0.05, 0.1) is 40.9 Å². The molecule has 48 heavy (non-hydrogen) atoms. The Kier molecular flexibility index (Phi) is 8.03. The van der Waals surface area contributed by atoms with Crippen LogP contribution in [0, 0.1) is 30.1 Å². The molecule has 10 heteroatoms. The normalized spacial score (nSPS) is 29.0. The highest BCUT2D eigenvalue weighted by Crippen LogP contribution is 2.60. The van der Waals surface area contributed by atoms with Crippen LogP contribution in [-0.4, -0.2) is 87.7 Å². The van der Waals surface area contributed by atoms with Crippen LogP contribution in [0.2, 0.25) is 0 Å². The van der Waals surface area contributed by atoms with E-state index in [-0.39, 0.29) is 23.2 Å². The molecule has 4 heterocycles. The first kappa shape index (κ1) is 31.5. The van der Waals surface area contributed by atoms with Gasteiger partial charge in [0.15, 0.2) is 0 Å². The van der Waals surface area contributed by atoms with Gasteiger partial charge in [0, 0.05) is 48.9 Å². The van der Waals surface area contributed by atoms with Gasteiger partial charge in [0.25, 0.3) is 0 Å². The lowest BCUT2D eigenvalue weighted by molar-refractivity contribution is -0.128. The number of amides is 1. The zero-order chi connectivity index (χ0) is 33.2. The minimum atomic E-state index is -0.233. The molecule has 2 saturated heterocycles. The lowest BCUT2D eigenvalue weighted by Crippen LogP contribution is -2.55. The topological polar surface area (TPSA) is 88.8 Å². The molecule has 3 aliphatic heterocycles. The van der Waals surface area contributed by atoms with Crippen molar-refractivity contribution in [2.75, 3.05) is 49.6 Å². The summed E-state index contributed by atoms with van der Waals surface area (Å²) in [6.45, 7) is 12.0. The van der Waals surface area contributed by atoms with Gasteiger partial charge in [-0.1, -0.05) is 36.9 Å². The second-order valence-electron chi connectivity index (χ2n) is 14.5. The van der Waals surface area contributed by atoms with E-state index in [0.717, 1.165) is 41.9 Å². The van der Waals surface area contributed by atoms with Gasteiger partial charge >= 0.3 is 6.01 Å². The Labute approximate surface area is 287 Å². The Morgan fingerprint density at radius 2 is 1.94 bits per heavy atom. The maximum atomic E-state index is 12.7. The molecular formula is C38H45N7O2S. The van der Waals surface area contributed by atoms with Crippen LogP contribution in [0.5, 0.6) is 6.01 Å². The molecule has 8 rings (SSSR count). The quantitative estimate of drug-likeness (QED) is 0.216. The van der Waals surface area contributed by atoms with E-state index < -0.39 is 0 Å². The van der Waals surface area contributed by atoms with Crippen LogP contribution in [0.25, 0.3) is 10.8 Å². The fourth-order valence-electron chi connectivity index (χ4n) is 8.69. The Morgan fingerprint density at radius 1 is 1.15 bits per heavy atom. The smallest absolute Gasteiger partial charge is 0.318 e. The molecule has 0 bridgehead atoms. The van der Waals surface area contributed by atoms with Crippen LogP contribution in [-0.2, 0) is 17.8 Å². The molecule has 1 aromatic heterocycles. The average Bonchev–Trinajstić information content (AvgIpc) is 3.97. The molecular weight excluding hydrogens is 619 g/mol. The minimum absolute atomic E-state index is 0.0834. The summed E-state index contributed by atoms with van der Waals surface area (Å²) in [5.74, 6) is 2.67. The number of carbonyl (C=O) groups excluding carboxylic acids is 1. The molecule has 0 radical (unpaired) electrons. The Bertz CT molecular complexity index is 1790. The van der Waals surface area contributed by atoms with E-state index in [2.05, 4.69) is 84.6 Å². The first-order valence-electron chi connectivity index (χ1n) is 17.5. The van der Waals surface area contributed by atoms with Gasteiger partial charge in [0.2, 0.25) is 5.91 Å². The first-order valence-corrected chi connectivity index (χ1v) is 18.4. The highest BCUT2D eigenvalue weighted by molar-refractivity contribution is 8.08. The summed E-state index contributed by atoms with van der Waals surface area (Å²) >= 11 is 1.99. The number of hydrogen-bond donors (Lipinski definition) is 0. The molecule has 2 aromatic carbocycles. The van der Waals surface area contributed by atoms with Crippen molar-refractivity contribution >= 4 is 39.9 Å². The van der Waals surface area contributed by atoms with Gasteiger partial charge in [-0.15, -0.1) is 11.8 Å². The molecule has 0 N–H and O–H groups in total. The van der Waals surface area contributed by atoms with E-state index in [1.165, 1.54) is 47.4 Å². The maximum absolute atomic E-state index is 12.7. The Balaban J connectivity index is 1.07. The molecule has 5 atom stereocenters. The lowest BCUT2D eigenvalue weighted by atomic mass is 9.99. The van der Waals surface area contributed by atoms with E-state index in [1.807, 2.05) is 11.8 Å². The number of fused-ring (bicyclic) bond motifs is 3. The van der Waals surface area contributed by atoms with Crippen LogP contribution in [0.4, 0.5) is 11.5 Å². The number of rotatable bonds is 9. The van der Waals surface area contributed by atoms with Gasteiger partial charge in [0.1, 0.15) is 12.4 Å². The third-order valence-corrected chi connectivity index (χ3v) is 13.4. The summed E-state index contributed by atoms with van der Waals surface area (Å²) in [6.07, 6.45) is 6.52.